The number of benzene rings is 1. The van der Waals surface area contributed by atoms with Crippen LogP contribution in [0.1, 0.15) is 27.7 Å². The standard InChI is InChI=1S/C19H31BO6/c1-18(2)19(3,4)26-20(25-18)16-7-6-8-17(15-16)24-14-13-23-12-11-22-10-9-21-5/h6-8,15H,9-14H2,1-5H3. The average Bonchev–Trinajstić information content (AvgIpc) is 2.81. The maximum Gasteiger partial charge on any atom is 0.494 e. The lowest BCUT2D eigenvalue weighted by molar-refractivity contribution is 0.00578. The molecule has 0 spiro atoms. The predicted octanol–water partition coefficient (Wildman–Crippen LogP) is 2.04. The van der Waals surface area contributed by atoms with Crippen LogP contribution in [0.15, 0.2) is 24.3 Å². The molecule has 0 bridgehead atoms. The summed E-state index contributed by atoms with van der Waals surface area (Å²) in [5.41, 5.74) is 0.245. The Morgan fingerprint density at radius 1 is 0.846 bits per heavy atom. The van der Waals surface area contributed by atoms with Gasteiger partial charge in [0.15, 0.2) is 0 Å². The Balaban J connectivity index is 1.71. The van der Waals surface area contributed by atoms with Crippen molar-refractivity contribution in [3.8, 4) is 5.75 Å². The first-order valence-electron chi connectivity index (χ1n) is 9.08. The van der Waals surface area contributed by atoms with Crippen molar-refractivity contribution in [3.63, 3.8) is 0 Å². The summed E-state index contributed by atoms with van der Waals surface area (Å²) in [6.45, 7) is 11.5. The first-order valence-corrected chi connectivity index (χ1v) is 9.08. The van der Waals surface area contributed by atoms with Crippen molar-refractivity contribution in [1.82, 2.24) is 0 Å². The zero-order chi connectivity index (χ0) is 19.0. The molecule has 0 amide bonds. The highest BCUT2D eigenvalue weighted by Crippen LogP contribution is 2.36. The van der Waals surface area contributed by atoms with Gasteiger partial charge < -0.3 is 28.3 Å². The number of hydrogen-bond donors (Lipinski definition) is 0. The highest BCUT2D eigenvalue weighted by Gasteiger charge is 2.51. The molecule has 7 heteroatoms. The zero-order valence-electron chi connectivity index (χ0n) is 16.6. The van der Waals surface area contributed by atoms with E-state index in [9.17, 15) is 0 Å². The van der Waals surface area contributed by atoms with Gasteiger partial charge in [0.1, 0.15) is 12.4 Å². The maximum atomic E-state index is 6.08. The van der Waals surface area contributed by atoms with Gasteiger partial charge in [-0.3, -0.25) is 0 Å². The molecule has 2 rings (SSSR count). The van der Waals surface area contributed by atoms with Gasteiger partial charge in [0, 0.05) is 7.11 Å². The Morgan fingerprint density at radius 3 is 2.04 bits per heavy atom. The van der Waals surface area contributed by atoms with E-state index >= 15 is 0 Å². The third-order valence-electron chi connectivity index (χ3n) is 4.68. The molecule has 0 N–H and O–H groups in total. The second-order valence-electron chi connectivity index (χ2n) is 7.23. The van der Waals surface area contributed by atoms with Gasteiger partial charge in [-0.15, -0.1) is 0 Å². The van der Waals surface area contributed by atoms with Crippen molar-refractivity contribution in [2.75, 3.05) is 46.8 Å². The molecule has 0 saturated carbocycles. The topological polar surface area (TPSA) is 55.4 Å². The summed E-state index contributed by atoms with van der Waals surface area (Å²) in [5, 5.41) is 0. The van der Waals surface area contributed by atoms with Crippen molar-refractivity contribution >= 4 is 12.6 Å². The minimum Gasteiger partial charge on any atom is -0.491 e. The normalized spacial score (nSPS) is 18.3. The number of ether oxygens (including phenoxy) is 4. The average molecular weight is 366 g/mol. The lowest BCUT2D eigenvalue weighted by Crippen LogP contribution is -2.41. The summed E-state index contributed by atoms with van der Waals surface area (Å²) >= 11 is 0. The van der Waals surface area contributed by atoms with Crippen LogP contribution in [0.25, 0.3) is 0 Å². The first-order chi connectivity index (χ1) is 12.4. The minimum absolute atomic E-state index is 0.353. The van der Waals surface area contributed by atoms with E-state index in [1.165, 1.54) is 0 Å². The summed E-state index contributed by atoms with van der Waals surface area (Å²) in [7, 11) is 1.27. The van der Waals surface area contributed by atoms with Gasteiger partial charge in [0.05, 0.1) is 44.2 Å². The van der Waals surface area contributed by atoms with Gasteiger partial charge in [0.25, 0.3) is 0 Å². The lowest BCUT2D eigenvalue weighted by atomic mass is 9.79. The van der Waals surface area contributed by atoms with Crippen molar-refractivity contribution in [2.24, 2.45) is 0 Å². The van der Waals surface area contributed by atoms with Gasteiger partial charge >= 0.3 is 7.12 Å². The lowest BCUT2D eigenvalue weighted by Gasteiger charge is -2.32. The first kappa shape index (κ1) is 21.2. The Bertz CT molecular complexity index is 533. The Morgan fingerprint density at radius 2 is 1.42 bits per heavy atom. The fourth-order valence-electron chi connectivity index (χ4n) is 2.41. The molecule has 6 nitrogen and oxygen atoms in total. The van der Waals surface area contributed by atoms with Crippen molar-refractivity contribution in [1.29, 1.82) is 0 Å². The maximum absolute atomic E-state index is 6.08. The number of methoxy groups -OCH3 is 1. The Labute approximate surface area is 157 Å². The van der Waals surface area contributed by atoms with Crippen LogP contribution in [0.5, 0.6) is 5.75 Å². The van der Waals surface area contributed by atoms with Gasteiger partial charge in [0.2, 0.25) is 0 Å². The van der Waals surface area contributed by atoms with Crippen LogP contribution in [-0.4, -0.2) is 65.1 Å². The van der Waals surface area contributed by atoms with Crippen LogP contribution in [0.2, 0.25) is 0 Å². The molecule has 0 radical (unpaired) electrons. The van der Waals surface area contributed by atoms with E-state index in [0.717, 1.165) is 11.2 Å². The number of hydrogen-bond acceptors (Lipinski definition) is 6. The summed E-state index contributed by atoms with van der Waals surface area (Å²) in [6.07, 6.45) is 0. The molecule has 0 atom stereocenters. The summed E-state index contributed by atoms with van der Waals surface area (Å²) in [5.74, 6) is 0.775. The van der Waals surface area contributed by atoms with Crippen LogP contribution >= 0.6 is 0 Å². The van der Waals surface area contributed by atoms with Crippen LogP contribution in [0.3, 0.4) is 0 Å². The molecular weight excluding hydrogens is 335 g/mol. The SMILES string of the molecule is COCCOCCOCCOc1cccc(B2OC(C)(C)C(C)(C)O2)c1. The van der Waals surface area contributed by atoms with Crippen LogP contribution < -0.4 is 10.2 Å². The third kappa shape index (κ3) is 5.96. The highest BCUT2D eigenvalue weighted by molar-refractivity contribution is 6.62. The highest BCUT2D eigenvalue weighted by atomic mass is 16.7. The molecule has 1 aliphatic heterocycles. The number of rotatable bonds is 11. The molecule has 1 aromatic carbocycles. The van der Waals surface area contributed by atoms with Crippen LogP contribution in [0.4, 0.5) is 0 Å². The van der Waals surface area contributed by atoms with Gasteiger partial charge in [-0.25, -0.2) is 0 Å². The summed E-state index contributed by atoms with van der Waals surface area (Å²) in [4.78, 5) is 0. The van der Waals surface area contributed by atoms with Gasteiger partial charge in [-0.2, -0.15) is 0 Å². The van der Waals surface area contributed by atoms with Crippen molar-refractivity contribution < 1.29 is 28.3 Å². The molecule has 1 heterocycles. The molecule has 0 aromatic heterocycles. The molecule has 1 aliphatic rings. The van der Waals surface area contributed by atoms with E-state index in [0.29, 0.717) is 39.6 Å². The molecule has 0 unspecified atom stereocenters. The molecule has 0 aliphatic carbocycles. The zero-order valence-corrected chi connectivity index (χ0v) is 16.6. The second kappa shape index (κ2) is 9.71. The molecular formula is C19H31BO6. The van der Waals surface area contributed by atoms with E-state index < -0.39 is 0 Å². The van der Waals surface area contributed by atoms with Crippen molar-refractivity contribution in [3.05, 3.63) is 24.3 Å². The van der Waals surface area contributed by atoms with E-state index in [4.69, 9.17) is 28.3 Å². The second-order valence-corrected chi connectivity index (χ2v) is 7.23. The Hall–Kier alpha value is -1.12. The molecule has 1 fully saturated rings. The van der Waals surface area contributed by atoms with Crippen molar-refractivity contribution in [2.45, 2.75) is 38.9 Å². The van der Waals surface area contributed by atoms with E-state index in [2.05, 4.69) is 0 Å². The largest absolute Gasteiger partial charge is 0.494 e. The summed E-state index contributed by atoms with van der Waals surface area (Å²) < 4.78 is 33.6. The van der Waals surface area contributed by atoms with Gasteiger partial charge in [-0.05, 0) is 45.3 Å². The molecule has 1 aromatic rings. The van der Waals surface area contributed by atoms with Crippen LogP contribution in [-0.2, 0) is 23.5 Å². The smallest absolute Gasteiger partial charge is 0.491 e. The van der Waals surface area contributed by atoms with Gasteiger partial charge in [-0.1, -0.05) is 12.1 Å². The van der Waals surface area contributed by atoms with E-state index in [1.807, 2.05) is 52.0 Å². The molecule has 146 valence electrons. The quantitative estimate of drug-likeness (QED) is 0.441. The third-order valence-corrected chi connectivity index (χ3v) is 4.68. The fraction of sp³-hybridized carbons (Fsp3) is 0.684. The fourth-order valence-corrected chi connectivity index (χ4v) is 2.41. The summed E-state index contributed by atoms with van der Waals surface area (Å²) in [6, 6.07) is 7.81. The Kier molecular flexibility index (Phi) is 7.92. The predicted molar refractivity (Wildman–Crippen MR) is 101 cm³/mol. The minimum atomic E-state index is -0.385. The van der Waals surface area contributed by atoms with Crippen LogP contribution in [0, 0.1) is 0 Å². The molecule has 1 saturated heterocycles. The van der Waals surface area contributed by atoms with E-state index in [1.54, 1.807) is 7.11 Å². The van der Waals surface area contributed by atoms with E-state index in [-0.39, 0.29) is 18.3 Å². The monoisotopic (exact) mass is 366 g/mol. The molecule has 26 heavy (non-hydrogen) atoms.